The van der Waals surface area contributed by atoms with Crippen LogP contribution in [0.1, 0.15) is 0 Å². The summed E-state index contributed by atoms with van der Waals surface area (Å²) in [6.45, 7) is 0. The van der Waals surface area contributed by atoms with E-state index in [2.05, 4.69) is 42.6 Å². The van der Waals surface area contributed by atoms with E-state index in [0.29, 0.717) is 0 Å². The van der Waals surface area contributed by atoms with Gasteiger partial charge in [0.1, 0.15) is 0 Å². The van der Waals surface area contributed by atoms with Crippen LogP contribution in [-0.2, 0) is 0 Å². The molecule has 0 aliphatic carbocycles. The zero-order chi connectivity index (χ0) is 8.67. The summed E-state index contributed by atoms with van der Waals surface area (Å²) in [7, 11) is 2.18. The first-order chi connectivity index (χ1) is 6.45. The minimum Gasteiger partial charge on any atom is -0.257 e. The van der Waals surface area contributed by atoms with E-state index in [9.17, 15) is 0 Å². The number of hydrogen-bond acceptors (Lipinski definition) is 1. The Morgan fingerprint density at radius 3 is 2.77 bits per heavy atom. The van der Waals surface area contributed by atoms with E-state index in [0.717, 1.165) is 5.69 Å². The number of hydrogen-bond donors (Lipinski definition) is 0. The number of rotatable bonds is 0. The Kier molecular flexibility index (Phi) is 1.30. The first kappa shape index (κ1) is 6.90. The Balaban J connectivity index is 2.32. The highest BCUT2D eigenvalue weighted by Gasteiger charge is 2.18. The maximum Gasteiger partial charge on any atom is 0.195 e. The second-order valence-corrected chi connectivity index (χ2v) is 3.17. The van der Waals surface area contributed by atoms with Crippen molar-refractivity contribution in [1.82, 2.24) is 4.98 Å². The predicted molar refractivity (Wildman–Crippen MR) is 54.7 cm³/mol. The van der Waals surface area contributed by atoms with Crippen molar-refractivity contribution >= 4 is 18.2 Å². The minimum absolute atomic E-state index is 1.11. The van der Waals surface area contributed by atoms with Crippen LogP contribution >= 0.6 is 0 Å². The van der Waals surface area contributed by atoms with E-state index in [1.54, 1.807) is 0 Å². The molecular weight excluding hydrogens is 157 g/mol. The average molecular weight is 164 g/mol. The maximum atomic E-state index is 4.37. The van der Waals surface area contributed by atoms with Crippen molar-refractivity contribution in [2.24, 2.45) is 0 Å². The molecular formula is C11H7BN. The highest BCUT2D eigenvalue weighted by Crippen LogP contribution is 2.15. The molecule has 0 saturated heterocycles. The van der Waals surface area contributed by atoms with Crippen LogP contribution < -0.4 is 10.9 Å². The maximum absolute atomic E-state index is 4.37. The van der Waals surface area contributed by atoms with E-state index >= 15 is 0 Å². The van der Waals surface area contributed by atoms with Gasteiger partial charge in [-0.15, -0.1) is 0 Å². The quantitative estimate of drug-likeness (QED) is 0.446. The summed E-state index contributed by atoms with van der Waals surface area (Å²) in [6, 6.07) is 12.4. The molecule has 59 valence electrons. The molecule has 2 aromatic rings. The molecule has 1 aromatic carbocycles. The zero-order valence-corrected chi connectivity index (χ0v) is 7.07. The van der Waals surface area contributed by atoms with Crippen LogP contribution in [0.15, 0.2) is 42.6 Å². The number of nitrogens with zero attached hydrogens (tertiary/aromatic N) is 1. The first-order valence-corrected chi connectivity index (χ1v) is 4.34. The van der Waals surface area contributed by atoms with Gasteiger partial charge in [0.2, 0.25) is 0 Å². The van der Waals surface area contributed by atoms with E-state index in [1.807, 2.05) is 12.3 Å². The molecule has 0 bridgehead atoms. The molecule has 0 atom stereocenters. The van der Waals surface area contributed by atoms with E-state index in [1.165, 1.54) is 16.5 Å². The van der Waals surface area contributed by atoms with Gasteiger partial charge in [0, 0.05) is 6.20 Å². The number of fused-ring (bicyclic) bond motifs is 3. The van der Waals surface area contributed by atoms with Gasteiger partial charge in [-0.3, -0.25) is 4.98 Å². The lowest BCUT2D eigenvalue weighted by Crippen LogP contribution is -2.20. The normalized spacial score (nSPS) is 11.7. The number of pyridine rings is 1. The zero-order valence-electron chi connectivity index (χ0n) is 7.07. The minimum atomic E-state index is 1.11. The molecule has 0 spiro atoms. The lowest BCUT2D eigenvalue weighted by Gasteiger charge is -1.98. The molecule has 3 rings (SSSR count). The molecule has 1 nitrogen and oxygen atoms in total. The third kappa shape index (κ3) is 0.918. The van der Waals surface area contributed by atoms with Gasteiger partial charge in [-0.25, -0.2) is 0 Å². The summed E-state index contributed by atoms with van der Waals surface area (Å²) < 4.78 is 0. The Morgan fingerprint density at radius 2 is 1.77 bits per heavy atom. The fourth-order valence-electron chi connectivity index (χ4n) is 1.77. The van der Waals surface area contributed by atoms with E-state index < -0.39 is 0 Å². The Bertz CT molecular complexity index is 422. The summed E-state index contributed by atoms with van der Waals surface area (Å²) in [4.78, 5) is 4.37. The van der Waals surface area contributed by atoms with Crippen LogP contribution in [0.2, 0.25) is 0 Å². The molecule has 1 aliphatic rings. The van der Waals surface area contributed by atoms with Gasteiger partial charge in [-0.2, -0.15) is 0 Å². The SMILES string of the molecule is [B]1c2ccccc2-c2ncccc21. The van der Waals surface area contributed by atoms with E-state index in [4.69, 9.17) is 0 Å². The largest absolute Gasteiger partial charge is 0.257 e. The Labute approximate surface area is 77.7 Å². The highest BCUT2D eigenvalue weighted by molar-refractivity contribution is 6.73. The van der Waals surface area contributed by atoms with Crippen LogP contribution in [0.25, 0.3) is 11.3 Å². The van der Waals surface area contributed by atoms with Crippen LogP contribution in [0.4, 0.5) is 0 Å². The predicted octanol–water partition coefficient (Wildman–Crippen LogP) is 0.717. The van der Waals surface area contributed by atoms with E-state index in [-0.39, 0.29) is 0 Å². The van der Waals surface area contributed by atoms with Gasteiger partial charge in [0.15, 0.2) is 7.28 Å². The second kappa shape index (κ2) is 2.46. The van der Waals surface area contributed by atoms with Crippen LogP contribution in [0, 0.1) is 0 Å². The molecule has 0 N–H and O–H groups in total. The van der Waals surface area contributed by atoms with Crippen LogP contribution in [-0.4, -0.2) is 12.3 Å². The van der Waals surface area contributed by atoms with Crippen LogP contribution in [0.5, 0.6) is 0 Å². The summed E-state index contributed by atoms with van der Waals surface area (Å²) >= 11 is 0. The lowest BCUT2D eigenvalue weighted by molar-refractivity contribution is 1.36. The van der Waals surface area contributed by atoms with Gasteiger partial charge >= 0.3 is 0 Å². The fourth-order valence-corrected chi connectivity index (χ4v) is 1.77. The molecule has 1 aliphatic heterocycles. The van der Waals surface area contributed by atoms with Crippen molar-refractivity contribution in [1.29, 1.82) is 0 Å². The van der Waals surface area contributed by atoms with Crippen molar-refractivity contribution in [2.45, 2.75) is 0 Å². The van der Waals surface area contributed by atoms with Gasteiger partial charge in [-0.05, 0) is 11.6 Å². The highest BCUT2D eigenvalue weighted by atomic mass is 14.7. The first-order valence-electron chi connectivity index (χ1n) is 4.34. The molecule has 0 fully saturated rings. The summed E-state index contributed by atoms with van der Waals surface area (Å²) in [6.07, 6.45) is 1.84. The standard InChI is InChI=1S/C11H7BN/c1-2-5-9-8(4-1)11-10(12-9)6-3-7-13-11/h1-7H. The second-order valence-electron chi connectivity index (χ2n) is 3.17. The third-order valence-electron chi connectivity index (χ3n) is 2.37. The van der Waals surface area contributed by atoms with Crippen LogP contribution in [0.3, 0.4) is 0 Å². The monoisotopic (exact) mass is 164 g/mol. The Hall–Kier alpha value is -1.57. The molecule has 1 radical (unpaired) electrons. The van der Waals surface area contributed by atoms with Gasteiger partial charge in [0.05, 0.1) is 5.69 Å². The molecule has 0 unspecified atom stereocenters. The van der Waals surface area contributed by atoms with Crippen molar-refractivity contribution in [3.63, 3.8) is 0 Å². The van der Waals surface area contributed by atoms with Crippen molar-refractivity contribution in [3.8, 4) is 11.3 Å². The number of benzene rings is 1. The van der Waals surface area contributed by atoms with Gasteiger partial charge in [0.25, 0.3) is 0 Å². The molecule has 0 saturated carbocycles. The Morgan fingerprint density at radius 1 is 0.923 bits per heavy atom. The molecule has 1 aromatic heterocycles. The summed E-state index contributed by atoms with van der Waals surface area (Å²) in [5.74, 6) is 0. The number of aromatic nitrogens is 1. The summed E-state index contributed by atoms with van der Waals surface area (Å²) in [5, 5.41) is 0. The topological polar surface area (TPSA) is 12.9 Å². The third-order valence-corrected chi connectivity index (χ3v) is 2.37. The smallest absolute Gasteiger partial charge is 0.195 e. The lowest BCUT2D eigenvalue weighted by atomic mass is 9.68. The molecule has 0 amide bonds. The van der Waals surface area contributed by atoms with Gasteiger partial charge < -0.3 is 0 Å². The molecule has 2 heteroatoms. The van der Waals surface area contributed by atoms with Crippen molar-refractivity contribution < 1.29 is 0 Å². The summed E-state index contributed by atoms with van der Waals surface area (Å²) in [5.41, 5.74) is 4.86. The van der Waals surface area contributed by atoms with Gasteiger partial charge in [-0.1, -0.05) is 41.3 Å². The van der Waals surface area contributed by atoms with Crippen molar-refractivity contribution in [2.75, 3.05) is 0 Å². The fraction of sp³-hybridized carbons (Fsp3) is 0. The average Bonchev–Trinajstić information content (AvgIpc) is 2.56. The van der Waals surface area contributed by atoms with Crippen molar-refractivity contribution in [3.05, 3.63) is 42.6 Å². The molecule has 13 heavy (non-hydrogen) atoms. The molecule has 2 heterocycles.